The Hall–Kier alpha value is -4.31. The van der Waals surface area contributed by atoms with Crippen molar-refractivity contribution in [1.29, 1.82) is 0 Å². The summed E-state index contributed by atoms with van der Waals surface area (Å²) in [5.41, 5.74) is 22.4. The van der Waals surface area contributed by atoms with Crippen molar-refractivity contribution < 1.29 is 0 Å². The number of hydrogen-bond acceptors (Lipinski definition) is 7. The topological polar surface area (TPSA) is 0 Å². The Morgan fingerprint density at radius 3 is 1.09 bits per heavy atom. The third-order valence-electron chi connectivity index (χ3n) is 22.3. The zero-order valence-electron chi connectivity index (χ0n) is 61.7. The maximum absolute atomic E-state index is 4.84. The molecule has 3 aliphatic rings. The maximum atomic E-state index is 4.84. The molecule has 0 nitrogen and oxygen atoms in total. The lowest BCUT2D eigenvalue weighted by atomic mass is 9.74. The van der Waals surface area contributed by atoms with Crippen LogP contribution in [0.5, 0.6) is 0 Å². The highest BCUT2D eigenvalue weighted by Crippen LogP contribution is 2.58. The van der Waals surface area contributed by atoms with Crippen LogP contribution in [0.25, 0.3) is 80.8 Å². The number of benzene rings is 3. The first-order valence-electron chi connectivity index (χ1n) is 39.0. The van der Waals surface area contributed by atoms with Crippen LogP contribution in [-0.4, -0.2) is 0 Å². The van der Waals surface area contributed by atoms with Crippen LogP contribution in [0.3, 0.4) is 0 Å². The summed E-state index contributed by atoms with van der Waals surface area (Å²) < 4.78 is 0. The second-order valence-corrected chi connectivity index (χ2v) is 37.4. The summed E-state index contributed by atoms with van der Waals surface area (Å²) in [6.45, 7) is 26.2. The molecule has 520 valence electrons. The minimum absolute atomic E-state index is 0.0380. The van der Waals surface area contributed by atoms with Crippen LogP contribution in [0.1, 0.15) is 290 Å². The smallest absolute Gasteiger partial charge is 0.0481 e. The second kappa shape index (κ2) is 33.9. The fourth-order valence-corrected chi connectivity index (χ4v) is 24.7. The second-order valence-electron chi connectivity index (χ2n) is 30.6. The predicted octanol–water partition coefficient (Wildman–Crippen LogP) is 31.5. The average molecular weight is 1430 g/mol. The van der Waals surface area contributed by atoms with Crippen molar-refractivity contribution in [2.75, 3.05) is 0 Å². The number of aryl methyl sites for hydroxylation is 7. The third kappa shape index (κ3) is 16.2. The highest BCUT2D eigenvalue weighted by Gasteiger charge is 2.45. The minimum Gasteiger partial charge on any atom is -0.144 e. The number of allylic oxidation sites excluding steroid dienone is 3. The standard InChI is InChI=1S/C91H114S7/c1-12-18-24-30-36-62-54-79(94-84(62)68-44-48-72-70-46-42-60(7)50-74(70)90(8,9)76(72)52-68)86-64(38-32-26-20-14-3)56-81(96-86)88-66(40-34-28-22-16-5)58-83(98-88)89-67(41-35-29-23-17-6)57-82(97-89)87-65(39-33-27-21-15-4)55-80(95-87)85-63(37-31-25-19-13-2)53-78(93-85)61-43-47-71-73-49-45-69(92)59-77(73)91(10,11)75(71)51-61/h42-59,73,77,92H,12-41H2,1-11H3. The molecule has 6 heterocycles. The summed E-state index contributed by atoms with van der Waals surface area (Å²) in [6, 6.07) is 38.3. The number of unbranched alkanes of at least 4 members (excludes halogenated alkanes) is 18. The number of fused-ring (bicyclic) bond motifs is 6. The predicted molar refractivity (Wildman–Crippen MR) is 447 cm³/mol. The zero-order chi connectivity index (χ0) is 68.5. The molecular weight excluding hydrogens is 1320 g/mol. The fourth-order valence-electron chi connectivity index (χ4n) is 16.5. The molecule has 0 bridgehead atoms. The minimum atomic E-state index is -0.0381. The summed E-state index contributed by atoms with van der Waals surface area (Å²) in [4.78, 5) is 19.2. The van der Waals surface area contributed by atoms with E-state index in [1.807, 2.05) is 0 Å². The van der Waals surface area contributed by atoms with Gasteiger partial charge in [0.25, 0.3) is 0 Å². The van der Waals surface area contributed by atoms with Gasteiger partial charge in [0.1, 0.15) is 0 Å². The Labute approximate surface area is 622 Å². The van der Waals surface area contributed by atoms with Crippen molar-refractivity contribution in [3.8, 4) is 80.8 Å². The van der Waals surface area contributed by atoms with Crippen LogP contribution in [0.2, 0.25) is 0 Å². The summed E-state index contributed by atoms with van der Waals surface area (Å²) in [6.07, 6.45) is 44.6. The lowest BCUT2D eigenvalue weighted by Crippen LogP contribution is -2.25. The van der Waals surface area contributed by atoms with Gasteiger partial charge in [-0.1, -0.05) is 251 Å². The van der Waals surface area contributed by atoms with Crippen LogP contribution < -0.4 is 0 Å². The van der Waals surface area contributed by atoms with Crippen molar-refractivity contribution in [3.05, 3.63) is 175 Å². The van der Waals surface area contributed by atoms with Gasteiger partial charge in [-0.05, 0) is 222 Å². The molecule has 0 fully saturated rings. The Balaban J connectivity index is 0.946. The molecule has 7 heteroatoms. The number of thiophene rings is 6. The molecule has 6 aromatic heterocycles. The van der Waals surface area contributed by atoms with E-state index in [9.17, 15) is 0 Å². The third-order valence-corrected chi connectivity index (χ3v) is 30.7. The van der Waals surface area contributed by atoms with Crippen LogP contribution in [0, 0.1) is 12.8 Å². The molecule has 0 N–H and O–H groups in total. The van der Waals surface area contributed by atoms with E-state index in [1.165, 1.54) is 253 Å². The van der Waals surface area contributed by atoms with E-state index in [4.69, 9.17) is 12.6 Å². The van der Waals surface area contributed by atoms with Gasteiger partial charge in [0, 0.05) is 74.8 Å². The van der Waals surface area contributed by atoms with Gasteiger partial charge in [0.05, 0.1) is 0 Å². The molecule has 9 aromatic rings. The molecule has 0 aliphatic heterocycles. The summed E-state index contributed by atoms with van der Waals surface area (Å²) in [5, 5.41) is 0. The Kier molecular flexibility index (Phi) is 25.4. The number of hydrogen-bond donors (Lipinski definition) is 1. The van der Waals surface area contributed by atoms with Gasteiger partial charge in [-0.2, -0.15) is 0 Å². The van der Waals surface area contributed by atoms with E-state index < -0.39 is 0 Å². The van der Waals surface area contributed by atoms with E-state index in [-0.39, 0.29) is 10.8 Å². The number of rotatable bonds is 37. The first-order chi connectivity index (χ1) is 47.7. The Morgan fingerprint density at radius 2 is 0.684 bits per heavy atom. The van der Waals surface area contributed by atoms with E-state index in [1.54, 1.807) is 43.1 Å². The van der Waals surface area contributed by atoms with E-state index in [0.29, 0.717) is 11.8 Å². The maximum Gasteiger partial charge on any atom is 0.0481 e. The summed E-state index contributed by atoms with van der Waals surface area (Å²) >= 11 is 17.6. The first-order valence-corrected chi connectivity index (χ1v) is 44.3. The molecule has 0 saturated heterocycles. The zero-order valence-corrected chi connectivity index (χ0v) is 67.5. The lowest BCUT2D eigenvalue weighted by molar-refractivity contribution is 0.394. The SMILES string of the molecule is CCCCCCc1cc(-c2sc(-c3sc(-c4sc(-c5sc(-c6sc(-c7ccc8c(c7)C(C)(C)C7C=C(S)C=CC87)cc6CCCCCC)cc5CCCCCC)cc4CCCCCC)cc3CCCCCC)cc2CCCCCC)sc1-c1ccc2c(c1)C(C)(C)c1cc(C)ccc1-2. The van der Waals surface area contributed by atoms with Crippen molar-refractivity contribution in [2.24, 2.45) is 5.92 Å². The Morgan fingerprint density at radius 1 is 0.347 bits per heavy atom. The molecule has 0 amide bonds. The molecule has 0 radical (unpaired) electrons. The molecular formula is C91H114S7. The van der Waals surface area contributed by atoms with Crippen LogP contribution in [0.15, 0.2) is 114 Å². The fraction of sp³-hybridized carbons (Fsp3) is 0.495. The normalized spacial score (nSPS) is 15.7. The number of thiol groups is 1. The van der Waals surface area contributed by atoms with Gasteiger partial charge >= 0.3 is 0 Å². The summed E-state index contributed by atoms with van der Waals surface area (Å²) in [5.74, 6) is 0.855. The van der Waals surface area contributed by atoms with Crippen LogP contribution in [0.4, 0.5) is 0 Å². The summed E-state index contributed by atoms with van der Waals surface area (Å²) in [7, 11) is 0. The monoisotopic (exact) mass is 1430 g/mol. The van der Waals surface area contributed by atoms with Crippen LogP contribution >= 0.6 is 80.6 Å². The largest absolute Gasteiger partial charge is 0.144 e. The van der Waals surface area contributed by atoms with Gasteiger partial charge in [0.15, 0.2) is 0 Å². The van der Waals surface area contributed by atoms with Crippen molar-refractivity contribution >= 4 is 80.6 Å². The van der Waals surface area contributed by atoms with Crippen molar-refractivity contribution in [2.45, 2.75) is 286 Å². The quantitative estimate of drug-likeness (QED) is 0.0291. The molecule has 0 saturated carbocycles. The van der Waals surface area contributed by atoms with Gasteiger partial charge in [-0.3, -0.25) is 0 Å². The molecule has 12 rings (SSSR count). The van der Waals surface area contributed by atoms with Gasteiger partial charge < -0.3 is 0 Å². The molecule has 0 spiro atoms. The first kappa shape index (κ1) is 73.4. The lowest BCUT2D eigenvalue weighted by Gasteiger charge is -2.30. The van der Waals surface area contributed by atoms with E-state index in [0.717, 1.165) is 43.4 Å². The van der Waals surface area contributed by atoms with Crippen LogP contribution in [-0.2, 0) is 49.4 Å². The average Bonchev–Trinajstić information content (AvgIpc) is 1.58. The molecule has 2 unspecified atom stereocenters. The highest BCUT2D eigenvalue weighted by molar-refractivity contribution is 7.84. The van der Waals surface area contributed by atoms with Gasteiger partial charge in [-0.15, -0.1) is 80.6 Å². The molecule has 2 atom stereocenters. The Bertz CT molecular complexity index is 4190. The van der Waals surface area contributed by atoms with Gasteiger partial charge in [0.2, 0.25) is 0 Å². The van der Waals surface area contributed by atoms with E-state index >= 15 is 0 Å². The van der Waals surface area contributed by atoms with Gasteiger partial charge in [-0.25, -0.2) is 0 Å². The molecule has 3 aromatic carbocycles. The van der Waals surface area contributed by atoms with Crippen molar-refractivity contribution in [1.82, 2.24) is 0 Å². The van der Waals surface area contributed by atoms with Crippen molar-refractivity contribution in [3.63, 3.8) is 0 Å². The molecule has 3 aliphatic carbocycles. The van der Waals surface area contributed by atoms with E-state index in [2.05, 4.69) is 253 Å². The highest BCUT2D eigenvalue weighted by atomic mass is 32.1. The molecule has 98 heavy (non-hydrogen) atoms.